The van der Waals surface area contributed by atoms with Gasteiger partial charge in [0.05, 0.1) is 27.4 Å². The van der Waals surface area contributed by atoms with Gasteiger partial charge in [0.15, 0.2) is 6.29 Å². The number of carbonyl (C=O) groups is 4. The average Bonchev–Trinajstić information content (AvgIpc) is 3.71. The molecule has 3 aromatic rings. The van der Waals surface area contributed by atoms with E-state index in [2.05, 4.69) is 69.4 Å². The molecule has 3 aliphatic heterocycles. The maximum absolute atomic E-state index is 13.2. The normalized spacial score (nSPS) is 16.8. The molecule has 3 aliphatic rings. The third kappa shape index (κ3) is 14.3. The molecule has 3 N–H and O–H groups in total. The lowest BCUT2D eigenvalue weighted by Gasteiger charge is -2.40. The second-order valence-corrected chi connectivity index (χ2v) is 17.9. The number of rotatable bonds is 19. The van der Waals surface area contributed by atoms with E-state index in [-0.39, 0.29) is 17.2 Å². The Labute approximate surface area is 382 Å². The number of allylic oxidation sites excluding steroid dienone is 1. The van der Waals surface area contributed by atoms with Gasteiger partial charge in [0.2, 0.25) is 11.8 Å². The molecular weight excluding hydrogens is 836 g/mol. The van der Waals surface area contributed by atoms with Gasteiger partial charge >= 0.3 is 0 Å². The number of likely N-dealkylation sites (tertiary alicyclic amines) is 1. The molecule has 0 bridgehead atoms. The molecule has 1 atom stereocenters. The summed E-state index contributed by atoms with van der Waals surface area (Å²) in [6.45, 7) is 15.6. The van der Waals surface area contributed by atoms with E-state index in [1.54, 1.807) is 7.05 Å². The minimum Gasteiger partial charge on any atom is -0.387 e. The number of benzene rings is 2. The number of anilines is 4. The van der Waals surface area contributed by atoms with Gasteiger partial charge in [-0.15, -0.1) is 0 Å². The number of likely N-dealkylation sites (N-methyl/N-ethyl adjacent to an activating group) is 1. The van der Waals surface area contributed by atoms with Crippen LogP contribution in [0.3, 0.4) is 0 Å². The van der Waals surface area contributed by atoms with Gasteiger partial charge in [-0.05, 0) is 100 Å². The number of amides is 2. The zero-order chi connectivity index (χ0) is 45.2. The van der Waals surface area contributed by atoms with E-state index < -0.39 is 0 Å². The first-order valence-electron chi connectivity index (χ1n) is 22.0. The number of piperidine rings is 1. The van der Waals surface area contributed by atoms with Crippen LogP contribution in [0.5, 0.6) is 0 Å². The standard InChI is InChI=1S/C39H55N9O4S.C8H10ClN/c1-30-43-35(42-29-53-33(27-50)26-40-2)25-36(44-30)47-22-20-45(21-23-47)16-5-4-8-37(51)48-19-15-39(28-48)13-17-46(18-14-39)32-11-9-31(10-12-32)34(7-6-24-49)38(52)41-3;1-6-4-3-5-7(9)8(6)10-2/h9-12,24-27,34H,2,4-8,13-23,28-29H2,1,3H3,(H,41,52)(H,42,43,44);3-5,10H,1-2H3/b33-26-;. The maximum atomic E-state index is 13.2. The minimum atomic E-state index is -0.319. The zero-order valence-corrected chi connectivity index (χ0v) is 39.0. The van der Waals surface area contributed by atoms with Crippen LogP contribution in [-0.2, 0) is 19.2 Å². The first kappa shape index (κ1) is 49.0. The van der Waals surface area contributed by atoms with E-state index >= 15 is 0 Å². The molecule has 4 heterocycles. The lowest BCUT2D eigenvalue weighted by molar-refractivity contribution is -0.130. The summed E-state index contributed by atoms with van der Waals surface area (Å²) in [5, 5.41) is 9.80. The largest absolute Gasteiger partial charge is 0.387 e. The van der Waals surface area contributed by atoms with Gasteiger partial charge < -0.3 is 35.4 Å². The summed E-state index contributed by atoms with van der Waals surface area (Å²) in [5.74, 6) is 2.71. The van der Waals surface area contributed by atoms with Crippen LogP contribution in [0, 0.1) is 19.3 Å². The van der Waals surface area contributed by atoms with Gasteiger partial charge in [-0.3, -0.25) is 24.3 Å². The van der Waals surface area contributed by atoms with Crippen LogP contribution in [-0.4, -0.2) is 130 Å². The number of piperazine rings is 1. The average molecular weight is 902 g/mol. The number of aromatic nitrogens is 2. The summed E-state index contributed by atoms with van der Waals surface area (Å²) in [4.78, 5) is 70.3. The first-order chi connectivity index (χ1) is 30.5. The quantitative estimate of drug-likeness (QED) is 0.0376. The van der Waals surface area contributed by atoms with E-state index in [0.29, 0.717) is 41.8 Å². The molecule has 1 unspecified atom stereocenters. The Morgan fingerprint density at radius 1 is 0.952 bits per heavy atom. The lowest BCUT2D eigenvalue weighted by atomic mass is 9.77. The molecule has 340 valence electrons. The van der Waals surface area contributed by atoms with Crippen molar-refractivity contribution >= 4 is 77.5 Å². The summed E-state index contributed by atoms with van der Waals surface area (Å²) in [6.07, 6.45) is 9.70. The number of aldehydes is 2. The van der Waals surface area contributed by atoms with E-state index in [0.717, 1.165) is 137 Å². The van der Waals surface area contributed by atoms with Crippen molar-refractivity contribution in [3.8, 4) is 0 Å². The van der Waals surface area contributed by atoms with Gasteiger partial charge in [0.25, 0.3) is 0 Å². The SMILES string of the molecule is C=N/C=C(/C=O)SCNc1cc(N2CCN(CCCCC(=O)N3CCC4(CCN(c5ccc(C(CCC=O)C(=O)NC)cc5)CC4)C3)CC2)nc(C)n1.CNc1c(C)cccc1Cl. The van der Waals surface area contributed by atoms with Crippen molar-refractivity contribution in [1.82, 2.24) is 25.1 Å². The number of para-hydroxylation sites is 1. The second kappa shape index (κ2) is 24.7. The maximum Gasteiger partial charge on any atom is 0.227 e. The molecular formula is C47H65ClN10O4S. The van der Waals surface area contributed by atoms with Gasteiger partial charge in [-0.2, -0.15) is 0 Å². The molecule has 14 nitrogen and oxygen atoms in total. The van der Waals surface area contributed by atoms with Crippen molar-refractivity contribution in [2.75, 3.05) is 99.3 Å². The van der Waals surface area contributed by atoms with Crippen LogP contribution in [0.1, 0.15) is 74.2 Å². The minimum absolute atomic E-state index is 0.0624. The number of halogens is 1. The molecule has 6 rings (SSSR count). The van der Waals surface area contributed by atoms with Gasteiger partial charge in [0.1, 0.15) is 23.7 Å². The molecule has 3 fully saturated rings. The molecule has 0 radical (unpaired) electrons. The molecule has 1 aromatic heterocycles. The van der Waals surface area contributed by atoms with Crippen LogP contribution in [0.2, 0.25) is 5.02 Å². The van der Waals surface area contributed by atoms with Crippen LogP contribution in [0.4, 0.5) is 23.0 Å². The van der Waals surface area contributed by atoms with E-state index in [4.69, 9.17) is 11.6 Å². The Balaban J connectivity index is 0.000000658. The monoisotopic (exact) mass is 900 g/mol. The van der Waals surface area contributed by atoms with Crippen molar-refractivity contribution < 1.29 is 19.2 Å². The highest BCUT2D eigenvalue weighted by Gasteiger charge is 2.42. The van der Waals surface area contributed by atoms with Crippen molar-refractivity contribution in [3.05, 3.63) is 81.6 Å². The van der Waals surface area contributed by atoms with Gasteiger partial charge in [-0.1, -0.05) is 47.6 Å². The van der Waals surface area contributed by atoms with Crippen LogP contribution in [0.15, 0.2) is 64.6 Å². The summed E-state index contributed by atoms with van der Waals surface area (Å²) >= 11 is 7.21. The Hall–Kier alpha value is -4.99. The Morgan fingerprint density at radius 2 is 1.68 bits per heavy atom. The van der Waals surface area contributed by atoms with Crippen molar-refractivity contribution in [3.63, 3.8) is 0 Å². The molecule has 3 saturated heterocycles. The van der Waals surface area contributed by atoms with Crippen LogP contribution in [0.25, 0.3) is 0 Å². The van der Waals surface area contributed by atoms with E-state index in [1.807, 2.05) is 57.3 Å². The smallest absolute Gasteiger partial charge is 0.227 e. The summed E-state index contributed by atoms with van der Waals surface area (Å²) < 4.78 is 0. The number of aliphatic imine (C=N–C) groups is 1. The fourth-order valence-corrected chi connectivity index (χ4v) is 9.60. The number of aryl methyl sites for hydroxylation is 2. The highest BCUT2D eigenvalue weighted by molar-refractivity contribution is 8.03. The summed E-state index contributed by atoms with van der Waals surface area (Å²) in [6, 6.07) is 16.0. The highest BCUT2D eigenvalue weighted by Crippen LogP contribution is 2.42. The van der Waals surface area contributed by atoms with Crippen molar-refractivity contribution in [1.29, 1.82) is 0 Å². The first-order valence-corrected chi connectivity index (χ1v) is 23.4. The number of unbranched alkanes of at least 4 members (excludes halogenated alkanes) is 1. The Morgan fingerprint density at radius 3 is 2.32 bits per heavy atom. The number of hydrogen-bond donors (Lipinski definition) is 3. The Bertz CT molecular complexity index is 2000. The summed E-state index contributed by atoms with van der Waals surface area (Å²) in [7, 11) is 3.50. The zero-order valence-electron chi connectivity index (χ0n) is 37.4. The van der Waals surface area contributed by atoms with E-state index in [9.17, 15) is 19.2 Å². The van der Waals surface area contributed by atoms with Crippen LogP contribution < -0.4 is 25.8 Å². The fourth-order valence-electron chi connectivity index (χ4n) is 8.68. The topological polar surface area (TPSA) is 155 Å². The summed E-state index contributed by atoms with van der Waals surface area (Å²) in [5.41, 5.74) is 4.50. The highest BCUT2D eigenvalue weighted by atomic mass is 35.5. The predicted octanol–water partition coefficient (Wildman–Crippen LogP) is 6.94. The van der Waals surface area contributed by atoms with Gasteiger partial charge in [-0.25, -0.2) is 9.97 Å². The number of nitrogens with one attached hydrogen (secondary N) is 3. The van der Waals surface area contributed by atoms with Gasteiger partial charge in [0, 0.05) is 97.2 Å². The molecule has 2 aromatic carbocycles. The molecule has 0 saturated carbocycles. The molecule has 1 spiro atoms. The van der Waals surface area contributed by atoms with Crippen molar-refractivity contribution in [2.24, 2.45) is 10.4 Å². The number of nitrogens with zero attached hydrogens (tertiary/aromatic N) is 7. The number of hydrogen-bond acceptors (Lipinski definition) is 13. The third-order valence-electron chi connectivity index (χ3n) is 12.3. The molecule has 16 heteroatoms. The third-order valence-corrected chi connectivity index (χ3v) is 13.5. The number of carbonyl (C=O) groups excluding carboxylic acids is 4. The number of thioether (sulfide) groups is 1. The predicted molar refractivity (Wildman–Crippen MR) is 258 cm³/mol. The Kier molecular flexibility index (Phi) is 19.3. The molecule has 0 aliphatic carbocycles. The molecule has 2 amide bonds. The second-order valence-electron chi connectivity index (χ2n) is 16.5. The van der Waals surface area contributed by atoms with Crippen LogP contribution >= 0.6 is 23.4 Å². The fraction of sp³-hybridized carbons (Fsp3) is 0.511. The lowest BCUT2D eigenvalue weighted by Crippen LogP contribution is -2.47. The molecule has 63 heavy (non-hydrogen) atoms. The van der Waals surface area contributed by atoms with E-state index in [1.165, 1.54) is 23.5 Å². The van der Waals surface area contributed by atoms with Crippen molar-refractivity contribution in [2.45, 2.75) is 71.1 Å².